The van der Waals surface area contributed by atoms with Crippen LogP contribution in [-0.4, -0.2) is 0 Å². The van der Waals surface area contributed by atoms with Crippen molar-refractivity contribution in [1.82, 2.24) is 0 Å². The smallest absolute Gasteiger partial charge is 0.118 e. The Morgan fingerprint density at radius 1 is 1.19 bits per heavy atom. The Balaban J connectivity index is 2.72. The second-order valence-corrected chi connectivity index (χ2v) is 5.89. The van der Waals surface area contributed by atoms with E-state index in [0.717, 1.165) is 17.4 Å². The Morgan fingerprint density at radius 2 is 1.88 bits per heavy atom. The van der Waals surface area contributed by atoms with Gasteiger partial charge >= 0.3 is 5.51 Å². The van der Waals surface area contributed by atoms with Crippen molar-refractivity contribution in [2.45, 2.75) is 25.8 Å². The third-order valence-electron chi connectivity index (χ3n) is 2.61. The fraction of sp³-hybridized carbons (Fsp3) is 0.333. The zero-order valence-corrected chi connectivity index (χ0v) is 9.88. The Labute approximate surface area is 94.7 Å². The molecule has 0 amide bonds. The fourth-order valence-corrected chi connectivity index (χ4v) is 3.64. The molecule has 0 spiro atoms. The molecule has 0 aliphatic rings. The number of hydrogen-bond donors (Lipinski definition) is 0. The van der Waals surface area contributed by atoms with E-state index in [1.54, 1.807) is 25.1 Å². The van der Waals surface area contributed by atoms with Crippen molar-refractivity contribution in [3.63, 3.8) is 0 Å². The molecule has 0 aliphatic carbocycles. The van der Waals surface area contributed by atoms with E-state index in [4.69, 9.17) is 0 Å². The van der Waals surface area contributed by atoms with E-state index in [1.807, 2.05) is 13.0 Å². The quantitative estimate of drug-likeness (QED) is 0.624. The molecule has 86 valence electrons. The molecule has 0 nitrogen and oxygen atoms in total. The van der Waals surface area contributed by atoms with Crippen LogP contribution in [0.5, 0.6) is 0 Å². The van der Waals surface area contributed by atoms with Crippen molar-refractivity contribution < 1.29 is 13.2 Å². The topological polar surface area (TPSA) is 0 Å². The van der Waals surface area contributed by atoms with Crippen molar-refractivity contribution in [3.05, 3.63) is 34.7 Å². The maximum absolute atomic E-state index is 12.8. The number of thiophene rings is 1. The van der Waals surface area contributed by atoms with Crippen molar-refractivity contribution in [2.24, 2.45) is 0 Å². The van der Waals surface area contributed by atoms with E-state index in [2.05, 4.69) is 0 Å². The number of alkyl halides is 3. The number of hydrogen-bond acceptors (Lipinski definition) is 0. The second-order valence-electron chi connectivity index (χ2n) is 3.73. The van der Waals surface area contributed by atoms with E-state index in [9.17, 15) is 13.2 Å². The minimum atomic E-state index is -4.15. The van der Waals surface area contributed by atoms with Gasteiger partial charge in [-0.2, -0.15) is 0 Å². The summed E-state index contributed by atoms with van der Waals surface area (Å²) in [5, 5.41) is 0.734. The standard InChI is InChI=1S/C12H12F3S/c1-3-9-4-5-11-10(7-9)6-8(2)16(11)12(13,14)15/h4-7H,3H2,1-2H3/q+1. The highest BCUT2D eigenvalue weighted by molar-refractivity contribution is 7.38. The molecular weight excluding hydrogens is 233 g/mol. The second kappa shape index (κ2) is 3.77. The maximum atomic E-state index is 12.8. The largest absolute Gasteiger partial charge is 0.600 e. The molecule has 16 heavy (non-hydrogen) atoms. The van der Waals surface area contributed by atoms with Gasteiger partial charge in [0, 0.05) is 18.4 Å². The van der Waals surface area contributed by atoms with Gasteiger partial charge in [-0.05, 0) is 24.1 Å². The van der Waals surface area contributed by atoms with Gasteiger partial charge in [-0.25, -0.2) is 0 Å². The summed E-state index contributed by atoms with van der Waals surface area (Å²) in [6, 6.07) is 6.93. The van der Waals surface area contributed by atoms with E-state index >= 15 is 0 Å². The summed E-state index contributed by atoms with van der Waals surface area (Å²) in [7, 11) is -1.71. The lowest BCUT2D eigenvalue weighted by molar-refractivity contribution is -0.0867. The molecule has 2 rings (SSSR count). The number of rotatable bonds is 1. The lowest BCUT2D eigenvalue weighted by Gasteiger charge is -1.98. The first kappa shape index (κ1) is 11.5. The monoisotopic (exact) mass is 245 g/mol. The van der Waals surface area contributed by atoms with Gasteiger partial charge in [0.2, 0.25) is 0 Å². The lowest BCUT2D eigenvalue weighted by Crippen LogP contribution is -1.96. The average Bonchev–Trinajstić information content (AvgIpc) is 2.51. The molecule has 1 heterocycles. The molecule has 1 unspecified atom stereocenters. The van der Waals surface area contributed by atoms with E-state index in [1.165, 1.54) is 0 Å². The minimum absolute atomic E-state index is 0.413. The van der Waals surface area contributed by atoms with Gasteiger partial charge in [0.25, 0.3) is 0 Å². The Kier molecular flexibility index (Phi) is 2.70. The highest BCUT2D eigenvalue weighted by Crippen LogP contribution is 2.50. The van der Waals surface area contributed by atoms with Gasteiger partial charge < -0.3 is 0 Å². The molecule has 0 saturated heterocycles. The molecule has 1 aromatic heterocycles. The first-order valence-electron chi connectivity index (χ1n) is 5.06. The fourth-order valence-electron chi connectivity index (χ4n) is 1.88. The van der Waals surface area contributed by atoms with E-state index in [0.29, 0.717) is 9.58 Å². The predicted molar refractivity (Wildman–Crippen MR) is 61.8 cm³/mol. The molecule has 0 aliphatic heterocycles. The maximum Gasteiger partial charge on any atom is 0.600 e. The van der Waals surface area contributed by atoms with Gasteiger partial charge in [-0.3, -0.25) is 0 Å². The average molecular weight is 245 g/mol. The van der Waals surface area contributed by atoms with Crippen LogP contribution in [0.15, 0.2) is 24.3 Å². The molecule has 0 radical (unpaired) electrons. The van der Waals surface area contributed by atoms with Crippen LogP contribution in [0.25, 0.3) is 10.1 Å². The van der Waals surface area contributed by atoms with Crippen molar-refractivity contribution in [3.8, 4) is 0 Å². The van der Waals surface area contributed by atoms with Crippen LogP contribution in [0.4, 0.5) is 13.2 Å². The van der Waals surface area contributed by atoms with Crippen LogP contribution >= 0.6 is 10.5 Å². The van der Waals surface area contributed by atoms with E-state index < -0.39 is 16.0 Å². The first-order valence-corrected chi connectivity index (χ1v) is 6.28. The van der Waals surface area contributed by atoms with Crippen LogP contribution in [0.1, 0.15) is 17.4 Å². The van der Waals surface area contributed by atoms with Gasteiger partial charge in [-0.15, -0.1) is 13.2 Å². The zero-order chi connectivity index (χ0) is 11.9. The van der Waals surface area contributed by atoms with Crippen molar-refractivity contribution in [1.29, 1.82) is 0 Å². The molecular formula is C12H12F3S+. The third-order valence-corrected chi connectivity index (χ3v) is 4.65. The number of fused-ring (bicyclic) bond motifs is 1. The SMILES string of the molecule is CCc1ccc2c(c1)cc(C)[s+]2C(F)(F)F. The normalized spacial score (nSPS) is 13.4. The van der Waals surface area contributed by atoms with Gasteiger partial charge in [0.05, 0.1) is 10.5 Å². The van der Waals surface area contributed by atoms with Crippen molar-refractivity contribution >= 4 is 20.6 Å². The zero-order valence-electron chi connectivity index (χ0n) is 9.06. The highest BCUT2D eigenvalue weighted by atomic mass is 32.2. The summed E-state index contributed by atoms with van der Waals surface area (Å²) in [5.74, 6) is 0. The van der Waals surface area contributed by atoms with Crippen LogP contribution in [0.3, 0.4) is 0 Å². The molecule has 0 saturated carbocycles. The Hall–Kier alpha value is -1.03. The molecule has 1 aromatic carbocycles. The molecule has 2 aromatic rings. The number of benzene rings is 1. The molecule has 1 atom stereocenters. The van der Waals surface area contributed by atoms with Crippen LogP contribution in [0, 0.1) is 6.92 Å². The molecule has 4 heteroatoms. The third kappa shape index (κ3) is 1.82. The van der Waals surface area contributed by atoms with Gasteiger partial charge in [0.15, 0.2) is 9.58 Å². The minimum Gasteiger partial charge on any atom is -0.118 e. The number of aryl methyl sites for hydroxylation is 2. The summed E-state index contributed by atoms with van der Waals surface area (Å²) in [6.45, 7) is 3.55. The summed E-state index contributed by atoms with van der Waals surface area (Å²) < 4.78 is 39.0. The van der Waals surface area contributed by atoms with Crippen LogP contribution in [0.2, 0.25) is 0 Å². The van der Waals surface area contributed by atoms with Gasteiger partial charge in [0.1, 0.15) is 0 Å². The predicted octanol–water partition coefficient (Wildman–Crippen LogP) is 4.94. The van der Waals surface area contributed by atoms with Crippen LogP contribution in [-0.2, 0) is 11.9 Å². The Bertz CT molecular complexity index is 523. The summed E-state index contributed by atoms with van der Waals surface area (Å²) in [5.41, 5.74) is -3.07. The van der Waals surface area contributed by atoms with Crippen LogP contribution < -0.4 is 0 Å². The molecule has 0 N–H and O–H groups in total. The van der Waals surface area contributed by atoms with E-state index in [-0.39, 0.29) is 0 Å². The number of halogens is 3. The van der Waals surface area contributed by atoms with Gasteiger partial charge in [-0.1, -0.05) is 13.0 Å². The molecule has 0 bridgehead atoms. The summed E-state index contributed by atoms with van der Waals surface area (Å²) >= 11 is 0. The summed E-state index contributed by atoms with van der Waals surface area (Å²) in [6.07, 6.45) is 0.847. The first-order chi connectivity index (χ1) is 7.43. The molecule has 0 fully saturated rings. The van der Waals surface area contributed by atoms with Crippen molar-refractivity contribution in [2.75, 3.05) is 0 Å². The lowest BCUT2D eigenvalue weighted by atomic mass is 10.1. The Morgan fingerprint density at radius 3 is 2.44 bits per heavy atom. The summed E-state index contributed by atoms with van der Waals surface area (Å²) in [4.78, 5) is 0.413. The highest BCUT2D eigenvalue weighted by Gasteiger charge is 2.46.